The van der Waals surface area contributed by atoms with Crippen molar-refractivity contribution in [1.29, 1.82) is 0 Å². The molecule has 2 unspecified atom stereocenters. The SMILES string of the molecule is Cc1ccc(C(C(C)N)N(C)CCN2CCCC2)cc1. The zero-order valence-corrected chi connectivity index (χ0v) is 13.2. The molecule has 20 heavy (non-hydrogen) atoms. The van der Waals surface area contributed by atoms with Gasteiger partial charge in [0.1, 0.15) is 0 Å². The van der Waals surface area contributed by atoms with Crippen LogP contribution in [0.3, 0.4) is 0 Å². The summed E-state index contributed by atoms with van der Waals surface area (Å²) in [5, 5.41) is 0. The van der Waals surface area contributed by atoms with Crippen molar-refractivity contribution in [3.05, 3.63) is 35.4 Å². The van der Waals surface area contributed by atoms with Crippen LogP contribution in [0.4, 0.5) is 0 Å². The van der Waals surface area contributed by atoms with E-state index in [1.54, 1.807) is 0 Å². The Bertz CT molecular complexity index is 393. The van der Waals surface area contributed by atoms with Gasteiger partial charge in [0.05, 0.1) is 0 Å². The molecule has 0 bridgehead atoms. The molecule has 112 valence electrons. The second kappa shape index (κ2) is 7.21. The van der Waals surface area contributed by atoms with E-state index < -0.39 is 0 Å². The standard InChI is InChI=1S/C17H29N3/c1-14-6-8-16(9-7-14)17(15(2)18)19(3)12-13-20-10-4-5-11-20/h6-9,15,17H,4-5,10-13,18H2,1-3H3. The van der Waals surface area contributed by atoms with Crippen molar-refractivity contribution in [2.45, 2.75) is 38.8 Å². The van der Waals surface area contributed by atoms with Crippen LogP contribution in [0.2, 0.25) is 0 Å². The van der Waals surface area contributed by atoms with Gasteiger partial charge in [-0.15, -0.1) is 0 Å². The lowest BCUT2D eigenvalue weighted by molar-refractivity contribution is 0.189. The third-order valence-electron chi connectivity index (χ3n) is 4.36. The molecule has 2 N–H and O–H groups in total. The van der Waals surface area contributed by atoms with Crippen LogP contribution in [0.15, 0.2) is 24.3 Å². The topological polar surface area (TPSA) is 32.5 Å². The fraction of sp³-hybridized carbons (Fsp3) is 0.647. The van der Waals surface area contributed by atoms with Crippen LogP contribution >= 0.6 is 0 Å². The van der Waals surface area contributed by atoms with Crippen LogP contribution in [0.1, 0.15) is 36.9 Å². The Morgan fingerprint density at radius 2 is 1.80 bits per heavy atom. The van der Waals surface area contributed by atoms with Crippen LogP contribution in [0, 0.1) is 6.92 Å². The summed E-state index contributed by atoms with van der Waals surface area (Å²) in [6, 6.07) is 9.24. The van der Waals surface area contributed by atoms with Gasteiger partial charge in [-0.3, -0.25) is 4.90 Å². The van der Waals surface area contributed by atoms with Crippen LogP contribution in [-0.4, -0.2) is 49.1 Å². The zero-order valence-electron chi connectivity index (χ0n) is 13.2. The summed E-state index contributed by atoms with van der Waals surface area (Å²) in [4.78, 5) is 4.97. The van der Waals surface area contributed by atoms with E-state index in [1.165, 1.54) is 37.1 Å². The zero-order chi connectivity index (χ0) is 14.5. The monoisotopic (exact) mass is 275 g/mol. The van der Waals surface area contributed by atoms with Crippen molar-refractivity contribution in [1.82, 2.24) is 9.80 Å². The molecular weight excluding hydrogens is 246 g/mol. The summed E-state index contributed by atoms with van der Waals surface area (Å²) in [5.74, 6) is 0. The van der Waals surface area contributed by atoms with E-state index in [2.05, 4.69) is 55.0 Å². The van der Waals surface area contributed by atoms with Crippen LogP contribution in [0.5, 0.6) is 0 Å². The predicted octanol–water partition coefficient (Wildman–Crippen LogP) is 2.41. The summed E-state index contributed by atoms with van der Waals surface area (Å²) in [6.07, 6.45) is 2.72. The number of nitrogens with zero attached hydrogens (tertiary/aromatic N) is 2. The molecule has 1 heterocycles. The smallest absolute Gasteiger partial charge is 0.0494 e. The average Bonchev–Trinajstić information content (AvgIpc) is 2.92. The number of aryl methyl sites for hydroxylation is 1. The van der Waals surface area contributed by atoms with E-state index in [9.17, 15) is 0 Å². The van der Waals surface area contributed by atoms with E-state index in [4.69, 9.17) is 5.73 Å². The minimum atomic E-state index is 0.140. The summed E-state index contributed by atoms with van der Waals surface area (Å²) in [5.41, 5.74) is 8.87. The molecule has 0 radical (unpaired) electrons. The Kier molecular flexibility index (Phi) is 5.58. The first kappa shape index (κ1) is 15.5. The molecule has 0 spiro atoms. The maximum Gasteiger partial charge on any atom is 0.0494 e. The maximum atomic E-state index is 6.24. The Morgan fingerprint density at radius 3 is 2.35 bits per heavy atom. The third-order valence-corrected chi connectivity index (χ3v) is 4.36. The minimum Gasteiger partial charge on any atom is -0.326 e. The lowest BCUT2D eigenvalue weighted by atomic mass is 9.98. The average molecular weight is 275 g/mol. The number of likely N-dealkylation sites (tertiary alicyclic amines) is 1. The quantitative estimate of drug-likeness (QED) is 0.865. The molecule has 2 atom stereocenters. The summed E-state index contributed by atoms with van der Waals surface area (Å²) in [6.45, 7) is 9.01. The van der Waals surface area contributed by atoms with E-state index in [-0.39, 0.29) is 6.04 Å². The molecule has 1 aromatic carbocycles. The van der Waals surface area contributed by atoms with Crippen molar-refractivity contribution < 1.29 is 0 Å². The summed E-state index contributed by atoms with van der Waals surface area (Å²) >= 11 is 0. The first-order chi connectivity index (χ1) is 9.58. The van der Waals surface area contributed by atoms with E-state index in [1.807, 2.05) is 0 Å². The van der Waals surface area contributed by atoms with Gasteiger partial charge < -0.3 is 10.6 Å². The van der Waals surface area contributed by atoms with Crippen molar-refractivity contribution in [3.63, 3.8) is 0 Å². The molecule has 1 fully saturated rings. The largest absolute Gasteiger partial charge is 0.326 e. The fourth-order valence-corrected chi connectivity index (χ4v) is 3.17. The third kappa shape index (κ3) is 4.05. The van der Waals surface area contributed by atoms with Crippen molar-refractivity contribution in [2.24, 2.45) is 5.73 Å². The van der Waals surface area contributed by atoms with E-state index in [0.29, 0.717) is 6.04 Å². The molecule has 0 aliphatic carbocycles. The highest BCUT2D eigenvalue weighted by atomic mass is 15.2. The van der Waals surface area contributed by atoms with Crippen molar-refractivity contribution >= 4 is 0 Å². The van der Waals surface area contributed by atoms with E-state index >= 15 is 0 Å². The number of nitrogens with two attached hydrogens (primary N) is 1. The number of hydrogen-bond acceptors (Lipinski definition) is 3. The molecule has 0 aromatic heterocycles. The van der Waals surface area contributed by atoms with Gasteiger partial charge >= 0.3 is 0 Å². The van der Waals surface area contributed by atoms with Crippen molar-refractivity contribution in [3.8, 4) is 0 Å². The number of rotatable bonds is 6. The molecule has 1 saturated heterocycles. The number of likely N-dealkylation sites (N-methyl/N-ethyl adjacent to an activating group) is 1. The molecule has 1 aromatic rings. The summed E-state index contributed by atoms with van der Waals surface area (Å²) < 4.78 is 0. The highest BCUT2D eigenvalue weighted by Crippen LogP contribution is 2.22. The molecule has 0 amide bonds. The normalized spacial score (nSPS) is 19.4. The van der Waals surface area contributed by atoms with Gasteiger partial charge in [0.2, 0.25) is 0 Å². The van der Waals surface area contributed by atoms with Crippen molar-refractivity contribution in [2.75, 3.05) is 33.2 Å². The van der Waals surface area contributed by atoms with E-state index in [0.717, 1.165) is 13.1 Å². The minimum absolute atomic E-state index is 0.140. The van der Waals surface area contributed by atoms with Gasteiger partial charge in [0.15, 0.2) is 0 Å². The number of benzene rings is 1. The lowest BCUT2D eigenvalue weighted by Crippen LogP contribution is -2.40. The predicted molar refractivity (Wildman–Crippen MR) is 85.9 cm³/mol. The Hall–Kier alpha value is -0.900. The fourth-order valence-electron chi connectivity index (χ4n) is 3.17. The molecule has 1 aliphatic rings. The van der Waals surface area contributed by atoms with Gasteiger partial charge in [-0.1, -0.05) is 29.8 Å². The highest BCUT2D eigenvalue weighted by Gasteiger charge is 2.22. The molecular formula is C17H29N3. The second-order valence-corrected chi connectivity index (χ2v) is 6.24. The Labute approximate surface area is 123 Å². The first-order valence-electron chi connectivity index (χ1n) is 7.82. The van der Waals surface area contributed by atoms with Gasteiger partial charge in [0, 0.05) is 25.2 Å². The molecule has 3 nitrogen and oxygen atoms in total. The summed E-state index contributed by atoms with van der Waals surface area (Å²) in [7, 11) is 2.20. The molecule has 0 saturated carbocycles. The number of hydrogen-bond donors (Lipinski definition) is 1. The Balaban J connectivity index is 1.97. The van der Waals surface area contributed by atoms with Gasteiger partial charge in [-0.25, -0.2) is 0 Å². The molecule has 2 rings (SSSR count). The van der Waals surface area contributed by atoms with Gasteiger partial charge in [-0.2, -0.15) is 0 Å². The molecule has 3 heteroatoms. The van der Waals surface area contributed by atoms with Crippen LogP contribution in [0.25, 0.3) is 0 Å². The van der Waals surface area contributed by atoms with Gasteiger partial charge in [0.25, 0.3) is 0 Å². The van der Waals surface area contributed by atoms with Crippen LogP contribution in [-0.2, 0) is 0 Å². The highest BCUT2D eigenvalue weighted by molar-refractivity contribution is 5.25. The lowest BCUT2D eigenvalue weighted by Gasteiger charge is -2.32. The first-order valence-corrected chi connectivity index (χ1v) is 7.82. The molecule has 1 aliphatic heterocycles. The van der Waals surface area contributed by atoms with Gasteiger partial charge in [-0.05, 0) is 52.4 Å². The Morgan fingerprint density at radius 1 is 1.20 bits per heavy atom. The second-order valence-electron chi connectivity index (χ2n) is 6.24. The van der Waals surface area contributed by atoms with Crippen LogP contribution < -0.4 is 5.73 Å². The maximum absolute atomic E-state index is 6.24.